The average Bonchev–Trinajstić information content (AvgIpc) is 2.93. The number of carboxylic acids is 1. The Balaban J connectivity index is 1.98. The molecule has 0 saturated carbocycles. The molecule has 0 fully saturated rings. The van der Waals surface area contributed by atoms with E-state index in [0.29, 0.717) is 6.42 Å². The quantitative estimate of drug-likeness (QED) is 0.676. The van der Waals surface area contributed by atoms with Gasteiger partial charge in [0.05, 0.1) is 11.0 Å². The van der Waals surface area contributed by atoms with Gasteiger partial charge in [0.25, 0.3) is 0 Å². The van der Waals surface area contributed by atoms with Crippen LogP contribution in [0.15, 0.2) is 42.5 Å². The number of hydrogen-bond acceptors (Lipinski definition) is 2. The van der Waals surface area contributed by atoms with Crippen molar-refractivity contribution in [1.29, 1.82) is 0 Å². The van der Waals surface area contributed by atoms with Gasteiger partial charge in [0, 0.05) is 18.5 Å². The number of hydrogen-bond donors (Lipinski definition) is 1. The number of aromatic nitrogens is 2. The van der Waals surface area contributed by atoms with Crippen molar-refractivity contribution in [3.05, 3.63) is 53.6 Å². The summed E-state index contributed by atoms with van der Waals surface area (Å²) in [6, 6.07) is 14.5. The summed E-state index contributed by atoms with van der Waals surface area (Å²) in [7, 11) is 0. The molecule has 1 heterocycles. The molecule has 0 atom stereocenters. The van der Waals surface area contributed by atoms with Crippen molar-refractivity contribution in [1.82, 2.24) is 9.55 Å². The number of carboxylic acid groups (broad SMARTS) is 1. The van der Waals surface area contributed by atoms with E-state index in [1.807, 2.05) is 18.2 Å². The fraction of sp³-hybridized carbons (Fsp3) is 0.300. The molecule has 0 unspecified atom stereocenters. The highest BCUT2D eigenvalue weighted by Gasteiger charge is 2.13. The largest absolute Gasteiger partial charge is 0.481 e. The molecule has 0 aliphatic rings. The number of aryl methyl sites for hydroxylation is 3. The van der Waals surface area contributed by atoms with E-state index in [2.05, 4.69) is 42.7 Å². The lowest BCUT2D eigenvalue weighted by atomic mass is 10.1. The van der Waals surface area contributed by atoms with Crippen LogP contribution in [0.1, 0.15) is 30.4 Å². The standard InChI is InChI=1S/C20H22N2O2/c1-14-10-11-16(13-15(14)2)20-21-17-7-3-4-8-18(17)22(20)12-6-5-9-19(23)24/h3-4,7-8,10-11,13H,5-6,9,12H2,1-2H3,(H,23,24). The van der Waals surface area contributed by atoms with Crippen molar-refractivity contribution in [2.75, 3.05) is 0 Å². The number of para-hydroxylation sites is 2. The Labute approximate surface area is 141 Å². The molecule has 1 N–H and O–H groups in total. The Morgan fingerprint density at radius 1 is 1.08 bits per heavy atom. The third-order valence-electron chi connectivity index (χ3n) is 4.44. The maximum absolute atomic E-state index is 10.7. The van der Waals surface area contributed by atoms with E-state index in [4.69, 9.17) is 10.1 Å². The van der Waals surface area contributed by atoms with Crippen LogP contribution in [-0.2, 0) is 11.3 Å². The lowest BCUT2D eigenvalue weighted by Gasteiger charge is -2.10. The van der Waals surface area contributed by atoms with Crippen molar-refractivity contribution in [2.45, 2.75) is 39.7 Å². The first-order valence-corrected chi connectivity index (χ1v) is 8.31. The number of rotatable bonds is 6. The molecule has 0 bridgehead atoms. The van der Waals surface area contributed by atoms with Gasteiger partial charge in [-0.3, -0.25) is 4.79 Å². The Hall–Kier alpha value is -2.62. The molecule has 0 aliphatic heterocycles. The molecule has 2 aromatic carbocycles. The minimum Gasteiger partial charge on any atom is -0.481 e. The van der Waals surface area contributed by atoms with E-state index in [1.54, 1.807) is 0 Å². The molecule has 0 aliphatic carbocycles. The Morgan fingerprint density at radius 3 is 2.62 bits per heavy atom. The van der Waals surface area contributed by atoms with E-state index >= 15 is 0 Å². The number of benzene rings is 2. The maximum Gasteiger partial charge on any atom is 0.303 e. The van der Waals surface area contributed by atoms with Crippen LogP contribution in [-0.4, -0.2) is 20.6 Å². The zero-order chi connectivity index (χ0) is 17.1. The lowest BCUT2D eigenvalue weighted by Crippen LogP contribution is -2.03. The minimum absolute atomic E-state index is 0.214. The summed E-state index contributed by atoms with van der Waals surface area (Å²) in [6.07, 6.45) is 1.71. The van der Waals surface area contributed by atoms with Crippen LogP contribution in [0.25, 0.3) is 22.4 Å². The van der Waals surface area contributed by atoms with E-state index in [9.17, 15) is 4.79 Å². The highest BCUT2D eigenvalue weighted by atomic mass is 16.4. The number of unbranched alkanes of at least 4 members (excludes halogenated alkanes) is 1. The van der Waals surface area contributed by atoms with E-state index in [0.717, 1.165) is 35.4 Å². The summed E-state index contributed by atoms with van der Waals surface area (Å²) < 4.78 is 2.21. The molecule has 3 rings (SSSR count). The molecule has 124 valence electrons. The predicted octanol–water partition coefficient (Wildman–Crippen LogP) is 4.58. The van der Waals surface area contributed by atoms with Crippen molar-refractivity contribution in [3.8, 4) is 11.4 Å². The Morgan fingerprint density at radius 2 is 1.88 bits per heavy atom. The van der Waals surface area contributed by atoms with Crippen LogP contribution in [0.4, 0.5) is 0 Å². The maximum atomic E-state index is 10.7. The lowest BCUT2D eigenvalue weighted by molar-refractivity contribution is -0.137. The van der Waals surface area contributed by atoms with Crippen LogP contribution in [0.5, 0.6) is 0 Å². The first-order valence-electron chi connectivity index (χ1n) is 8.31. The topological polar surface area (TPSA) is 55.1 Å². The van der Waals surface area contributed by atoms with Gasteiger partial charge in [-0.2, -0.15) is 0 Å². The molecule has 0 radical (unpaired) electrons. The monoisotopic (exact) mass is 322 g/mol. The summed E-state index contributed by atoms with van der Waals surface area (Å²) in [6.45, 7) is 4.99. The highest BCUT2D eigenvalue weighted by Crippen LogP contribution is 2.27. The van der Waals surface area contributed by atoms with Gasteiger partial charge in [-0.15, -0.1) is 0 Å². The van der Waals surface area contributed by atoms with Gasteiger partial charge < -0.3 is 9.67 Å². The number of carbonyl (C=O) groups is 1. The van der Waals surface area contributed by atoms with Crippen LogP contribution in [0.2, 0.25) is 0 Å². The molecule has 0 saturated heterocycles. The fourth-order valence-corrected chi connectivity index (χ4v) is 2.95. The summed E-state index contributed by atoms with van der Waals surface area (Å²) >= 11 is 0. The second-order valence-corrected chi connectivity index (χ2v) is 6.23. The van der Waals surface area contributed by atoms with Gasteiger partial charge in [0.15, 0.2) is 0 Å². The number of aliphatic carboxylic acids is 1. The summed E-state index contributed by atoms with van der Waals surface area (Å²) in [5, 5.41) is 8.81. The van der Waals surface area contributed by atoms with Crippen LogP contribution in [0, 0.1) is 13.8 Å². The molecule has 4 nitrogen and oxygen atoms in total. The van der Waals surface area contributed by atoms with Crippen LogP contribution < -0.4 is 0 Å². The predicted molar refractivity (Wildman–Crippen MR) is 96.1 cm³/mol. The van der Waals surface area contributed by atoms with Crippen LogP contribution >= 0.6 is 0 Å². The summed E-state index contributed by atoms with van der Waals surface area (Å²) in [5.74, 6) is 0.217. The molecule has 4 heteroatoms. The Kier molecular flexibility index (Phi) is 4.65. The molecular formula is C20H22N2O2. The van der Waals surface area contributed by atoms with E-state index in [-0.39, 0.29) is 6.42 Å². The zero-order valence-electron chi connectivity index (χ0n) is 14.1. The molecule has 24 heavy (non-hydrogen) atoms. The van der Waals surface area contributed by atoms with Gasteiger partial charge in [0.1, 0.15) is 5.82 Å². The first-order chi connectivity index (χ1) is 11.6. The Bertz CT molecular complexity index is 880. The third-order valence-corrected chi connectivity index (χ3v) is 4.44. The highest BCUT2D eigenvalue weighted by molar-refractivity contribution is 5.80. The molecule has 0 amide bonds. The van der Waals surface area contributed by atoms with Gasteiger partial charge in [-0.1, -0.05) is 24.3 Å². The third kappa shape index (κ3) is 3.32. The van der Waals surface area contributed by atoms with Gasteiger partial charge in [-0.05, 0) is 56.0 Å². The van der Waals surface area contributed by atoms with Crippen molar-refractivity contribution in [2.24, 2.45) is 0 Å². The fourth-order valence-electron chi connectivity index (χ4n) is 2.95. The normalized spacial score (nSPS) is 11.1. The minimum atomic E-state index is -0.736. The van der Waals surface area contributed by atoms with Crippen molar-refractivity contribution < 1.29 is 9.90 Å². The van der Waals surface area contributed by atoms with E-state index in [1.165, 1.54) is 11.1 Å². The number of fused-ring (bicyclic) bond motifs is 1. The average molecular weight is 322 g/mol. The van der Waals surface area contributed by atoms with Crippen LogP contribution in [0.3, 0.4) is 0 Å². The number of imidazole rings is 1. The molecule has 1 aromatic heterocycles. The summed E-state index contributed by atoms with van der Waals surface area (Å²) in [5.41, 5.74) is 5.69. The second-order valence-electron chi connectivity index (χ2n) is 6.23. The van der Waals surface area contributed by atoms with Crippen molar-refractivity contribution >= 4 is 17.0 Å². The number of nitrogens with zero attached hydrogens (tertiary/aromatic N) is 2. The van der Waals surface area contributed by atoms with Gasteiger partial charge in [-0.25, -0.2) is 4.98 Å². The SMILES string of the molecule is Cc1ccc(-c2nc3ccccc3n2CCCCC(=O)O)cc1C. The molecular weight excluding hydrogens is 300 g/mol. The molecule has 3 aromatic rings. The van der Waals surface area contributed by atoms with E-state index < -0.39 is 5.97 Å². The van der Waals surface area contributed by atoms with Gasteiger partial charge in [0.2, 0.25) is 0 Å². The first kappa shape index (κ1) is 16.2. The van der Waals surface area contributed by atoms with Gasteiger partial charge >= 0.3 is 5.97 Å². The summed E-state index contributed by atoms with van der Waals surface area (Å²) in [4.78, 5) is 15.5. The smallest absolute Gasteiger partial charge is 0.303 e. The zero-order valence-corrected chi connectivity index (χ0v) is 14.1. The van der Waals surface area contributed by atoms with Crippen molar-refractivity contribution in [3.63, 3.8) is 0 Å². The second kappa shape index (κ2) is 6.87. The molecule has 0 spiro atoms.